The number of carbonyl (C=O) groups is 2. The highest BCUT2D eigenvalue weighted by atomic mass is 16.5. The predicted molar refractivity (Wildman–Crippen MR) is 93.8 cm³/mol. The second-order valence-electron chi connectivity index (χ2n) is 6.83. The average molecular weight is 345 g/mol. The summed E-state index contributed by atoms with van der Waals surface area (Å²) in [7, 11) is 0. The van der Waals surface area contributed by atoms with Gasteiger partial charge >= 0.3 is 0 Å². The summed E-state index contributed by atoms with van der Waals surface area (Å²) < 4.78 is 5.55. The molecular weight excluding hydrogens is 318 g/mol. The Morgan fingerprint density at radius 2 is 2.00 bits per heavy atom. The predicted octanol–water partition coefficient (Wildman–Crippen LogP) is 1.55. The van der Waals surface area contributed by atoms with Gasteiger partial charge in [0.05, 0.1) is 18.9 Å². The molecular formula is C19H27N3O3. The van der Waals surface area contributed by atoms with E-state index in [0.717, 1.165) is 37.7 Å². The number of nitrogens with zero attached hydrogens (tertiary/aromatic N) is 2. The van der Waals surface area contributed by atoms with Gasteiger partial charge in [-0.1, -0.05) is 12.8 Å². The number of pyridine rings is 1. The van der Waals surface area contributed by atoms with Gasteiger partial charge < -0.3 is 15.0 Å². The van der Waals surface area contributed by atoms with Crippen molar-refractivity contribution in [1.29, 1.82) is 0 Å². The number of rotatable bonds is 2. The SMILES string of the molecule is O=C1NCCOCCCN(C(=O)Cc2ccncc2)[C@H]2CCCC[C@@H]12. The van der Waals surface area contributed by atoms with E-state index in [1.807, 2.05) is 17.0 Å². The molecule has 6 heteroatoms. The Bertz CT molecular complexity index is 579. The van der Waals surface area contributed by atoms with Crippen molar-refractivity contribution in [3.63, 3.8) is 0 Å². The molecule has 1 saturated carbocycles. The van der Waals surface area contributed by atoms with E-state index in [9.17, 15) is 9.59 Å². The zero-order chi connectivity index (χ0) is 17.5. The highest BCUT2D eigenvalue weighted by Gasteiger charge is 2.36. The van der Waals surface area contributed by atoms with E-state index in [1.165, 1.54) is 0 Å². The van der Waals surface area contributed by atoms with Crippen LogP contribution in [0, 0.1) is 5.92 Å². The second-order valence-corrected chi connectivity index (χ2v) is 6.83. The lowest BCUT2D eigenvalue weighted by molar-refractivity contribution is -0.138. The molecule has 0 radical (unpaired) electrons. The van der Waals surface area contributed by atoms with Gasteiger partial charge in [-0.2, -0.15) is 0 Å². The summed E-state index contributed by atoms with van der Waals surface area (Å²) in [4.78, 5) is 31.6. The molecule has 0 aromatic carbocycles. The molecule has 136 valence electrons. The Morgan fingerprint density at radius 3 is 2.84 bits per heavy atom. The van der Waals surface area contributed by atoms with Crippen LogP contribution in [0.5, 0.6) is 0 Å². The van der Waals surface area contributed by atoms with Crippen LogP contribution in [-0.4, -0.2) is 54.0 Å². The summed E-state index contributed by atoms with van der Waals surface area (Å²) in [6, 6.07) is 3.75. The maximum Gasteiger partial charge on any atom is 0.227 e. The van der Waals surface area contributed by atoms with Crippen molar-refractivity contribution in [1.82, 2.24) is 15.2 Å². The smallest absolute Gasteiger partial charge is 0.227 e. The standard InChI is InChI=1S/C19H27N3O3/c23-18(14-15-6-8-20-9-7-15)22-11-3-12-25-13-10-21-19(24)16-4-1-2-5-17(16)22/h6-9,16-17H,1-5,10-14H2,(H,21,24)/t16-,17+/m1/s1. The minimum atomic E-state index is -0.103. The van der Waals surface area contributed by atoms with Gasteiger partial charge in [0.15, 0.2) is 0 Å². The Morgan fingerprint density at radius 1 is 1.20 bits per heavy atom. The molecule has 1 N–H and O–H groups in total. The number of ether oxygens (including phenoxy) is 1. The third kappa shape index (κ3) is 4.78. The number of nitrogens with one attached hydrogen (secondary N) is 1. The molecule has 2 aliphatic rings. The first-order valence-corrected chi connectivity index (χ1v) is 9.29. The molecule has 1 aliphatic heterocycles. The third-order valence-corrected chi connectivity index (χ3v) is 5.12. The number of aromatic nitrogens is 1. The normalized spacial score (nSPS) is 25.4. The second kappa shape index (κ2) is 8.94. The zero-order valence-corrected chi connectivity index (χ0v) is 14.7. The molecule has 1 aromatic rings. The van der Waals surface area contributed by atoms with Crippen molar-refractivity contribution < 1.29 is 14.3 Å². The van der Waals surface area contributed by atoms with Gasteiger partial charge in [-0.25, -0.2) is 0 Å². The summed E-state index contributed by atoms with van der Waals surface area (Å²) >= 11 is 0. The summed E-state index contributed by atoms with van der Waals surface area (Å²) in [6.45, 7) is 2.35. The number of carbonyl (C=O) groups excluding carboxylic acids is 2. The van der Waals surface area contributed by atoms with Gasteiger partial charge in [0, 0.05) is 38.1 Å². The van der Waals surface area contributed by atoms with Crippen LogP contribution >= 0.6 is 0 Å². The summed E-state index contributed by atoms with van der Waals surface area (Å²) in [5, 5.41) is 2.98. The maximum absolute atomic E-state index is 13.0. The molecule has 0 unspecified atom stereocenters. The first kappa shape index (κ1) is 17.9. The topological polar surface area (TPSA) is 71.5 Å². The van der Waals surface area contributed by atoms with E-state index in [-0.39, 0.29) is 23.8 Å². The first-order valence-electron chi connectivity index (χ1n) is 9.29. The number of hydrogen-bond donors (Lipinski definition) is 1. The average Bonchev–Trinajstić information content (AvgIpc) is 2.67. The maximum atomic E-state index is 13.0. The Balaban J connectivity index is 1.78. The lowest BCUT2D eigenvalue weighted by Gasteiger charge is -2.39. The fourth-order valence-electron chi connectivity index (χ4n) is 3.86. The van der Waals surface area contributed by atoms with Crippen molar-refractivity contribution in [3.8, 4) is 0 Å². The van der Waals surface area contributed by atoms with E-state index in [0.29, 0.717) is 32.7 Å². The van der Waals surface area contributed by atoms with Crippen LogP contribution in [0.25, 0.3) is 0 Å². The van der Waals surface area contributed by atoms with Crippen LogP contribution in [0.1, 0.15) is 37.7 Å². The molecule has 25 heavy (non-hydrogen) atoms. The Labute approximate surface area is 148 Å². The van der Waals surface area contributed by atoms with Crippen molar-refractivity contribution in [2.24, 2.45) is 5.92 Å². The van der Waals surface area contributed by atoms with Crippen LogP contribution in [0.15, 0.2) is 24.5 Å². The van der Waals surface area contributed by atoms with E-state index >= 15 is 0 Å². The van der Waals surface area contributed by atoms with Crippen LogP contribution in [-0.2, 0) is 20.7 Å². The monoisotopic (exact) mass is 345 g/mol. The Hall–Kier alpha value is -1.95. The fraction of sp³-hybridized carbons (Fsp3) is 0.632. The van der Waals surface area contributed by atoms with E-state index in [4.69, 9.17) is 4.74 Å². The molecule has 6 nitrogen and oxygen atoms in total. The molecule has 2 atom stereocenters. The van der Waals surface area contributed by atoms with Crippen molar-refractivity contribution in [3.05, 3.63) is 30.1 Å². The zero-order valence-electron chi connectivity index (χ0n) is 14.7. The van der Waals surface area contributed by atoms with Gasteiger partial charge in [-0.3, -0.25) is 14.6 Å². The third-order valence-electron chi connectivity index (χ3n) is 5.12. The largest absolute Gasteiger partial charge is 0.380 e. The number of fused-ring (bicyclic) bond motifs is 1. The van der Waals surface area contributed by atoms with Gasteiger partial charge in [0.25, 0.3) is 0 Å². The molecule has 2 fully saturated rings. The summed E-state index contributed by atoms with van der Waals surface area (Å²) in [5.74, 6) is 0.0558. The summed E-state index contributed by atoms with van der Waals surface area (Å²) in [6.07, 6.45) is 8.47. The molecule has 2 heterocycles. The molecule has 2 amide bonds. The molecule has 1 aromatic heterocycles. The lowest BCUT2D eigenvalue weighted by atomic mass is 9.82. The first-order chi connectivity index (χ1) is 12.3. The fourth-order valence-corrected chi connectivity index (χ4v) is 3.86. The van der Waals surface area contributed by atoms with Crippen molar-refractivity contribution >= 4 is 11.8 Å². The number of amides is 2. The Kier molecular flexibility index (Phi) is 6.39. The number of hydrogen-bond acceptors (Lipinski definition) is 4. The van der Waals surface area contributed by atoms with Crippen LogP contribution in [0.2, 0.25) is 0 Å². The van der Waals surface area contributed by atoms with Gasteiger partial charge in [0.1, 0.15) is 0 Å². The quantitative estimate of drug-likeness (QED) is 0.883. The van der Waals surface area contributed by atoms with Gasteiger partial charge in [0.2, 0.25) is 11.8 Å². The summed E-state index contributed by atoms with van der Waals surface area (Å²) in [5.41, 5.74) is 0.961. The minimum absolute atomic E-state index is 0.00110. The van der Waals surface area contributed by atoms with Crippen LogP contribution < -0.4 is 5.32 Å². The van der Waals surface area contributed by atoms with Crippen molar-refractivity contribution in [2.45, 2.75) is 44.6 Å². The van der Waals surface area contributed by atoms with Crippen LogP contribution in [0.4, 0.5) is 0 Å². The molecule has 0 bridgehead atoms. The van der Waals surface area contributed by atoms with Gasteiger partial charge in [-0.15, -0.1) is 0 Å². The van der Waals surface area contributed by atoms with E-state index in [2.05, 4.69) is 10.3 Å². The van der Waals surface area contributed by atoms with E-state index < -0.39 is 0 Å². The highest BCUT2D eigenvalue weighted by molar-refractivity contribution is 5.82. The van der Waals surface area contributed by atoms with Gasteiger partial charge in [-0.05, 0) is 37.0 Å². The lowest BCUT2D eigenvalue weighted by Crippen LogP contribution is -2.51. The van der Waals surface area contributed by atoms with Crippen molar-refractivity contribution in [2.75, 3.05) is 26.3 Å². The molecule has 3 rings (SSSR count). The molecule has 0 spiro atoms. The molecule has 1 saturated heterocycles. The molecule has 1 aliphatic carbocycles. The minimum Gasteiger partial charge on any atom is -0.380 e. The highest BCUT2D eigenvalue weighted by Crippen LogP contribution is 2.29. The van der Waals surface area contributed by atoms with Crippen LogP contribution in [0.3, 0.4) is 0 Å². The van der Waals surface area contributed by atoms with E-state index in [1.54, 1.807) is 12.4 Å².